The lowest BCUT2D eigenvalue weighted by Gasteiger charge is -2.32. The lowest BCUT2D eigenvalue weighted by atomic mass is 9.97. The highest BCUT2D eigenvalue weighted by Crippen LogP contribution is 2.29. The predicted octanol–water partition coefficient (Wildman–Crippen LogP) is 3.05. The van der Waals surface area contributed by atoms with Gasteiger partial charge in [-0.3, -0.25) is 4.79 Å². The minimum Gasteiger partial charge on any atom is -0.353 e. The van der Waals surface area contributed by atoms with Gasteiger partial charge >= 0.3 is 0 Å². The number of halogens is 1. The molecule has 1 aromatic rings. The van der Waals surface area contributed by atoms with E-state index >= 15 is 0 Å². The topological polar surface area (TPSA) is 66.5 Å². The molecule has 2 unspecified atom stereocenters. The maximum absolute atomic E-state index is 12.9. The Bertz CT molecular complexity index is 738. The average Bonchev–Trinajstić information content (AvgIpc) is 3.00. The number of rotatable bonds is 4. The van der Waals surface area contributed by atoms with Crippen molar-refractivity contribution in [2.75, 3.05) is 13.1 Å². The zero-order chi connectivity index (χ0) is 18.0. The lowest BCUT2D eigenvalue weighted by molar-refractivity contribution is -0.127. The van der Waals surface area contributed by atoms with E-state index < -0.39 is 10.0 Å². The third kappa shape index (κ3) is 4.01. The fourth-order valence-electron chi connectivity index (χ4n) is 3.83. The van der Waals surface area contributed by atoms with Crippen LogP contribution in [0.4, 0.5) is 0 Å². The van der Waals surface area contributed by atoms with Crippen molar-refractivity contribution in [3.63, 3.8) is 0 Å². The van der Waals surface area contributed by atoms with Gasteiger partial charge in [-0.1, -0.05) is 37.1 Å². The number of nitrogens with zero attached hydrogens (tertiary/aromatic N) is 1. The number of sulfonamides is 1. The third-order valence-corrected chi connectivity index (χ3v) is 7.76. The second kappa shape index (κ2) is 7.64. The van der Waals surface area contributed by atoms with Gasteiger partial charge < -0.3 is 5.32 Å². The van der Waals surface area contributed by atoms with Gasteiger partial charge in [0.15, 0.2) is 0 Å². The summed E-state index contributed by atoms with van der Waals surface area (Å²) in [5.41, 5.74) is 0. The molecule has 5 nitrogen and oxygen atoms in total. The van der Waals surface area contributed by atoms with Crippen molar-refractivity contribution in [1.82, 2.24) is 9.62 Å². The molecule has 1 aromatic carbocycles. The Morgan fingerprint density at radius 3 is 2.64 bits per heavy atom. The van der Waals surface area contributed by atoms with E-state index in [1.54, 1.807) is 18.2 Å². The van der Waals surface area contributed by atoms with Crippen LogP contribution in [0.2, 0.25) is 5.02 Å². The summed E-state index contributed by atoms with van der Waals surface area (Å²) in [6, 6.07) is 6.68. The summed E-state index contributed by atoms with van der Waals surface area (Å²) >= 11 is 6.07. The van der Waals surface area contributed by atoms with Gasteiger partial charge in [0.05, 0.1) is 10.9 Å². The molecule has 25 heavy (non-hydrogen) atoms. The van der Waals surface area contributed by atoms with Gasteiger partial charge in [0.25, 0.3) is 0 Å². The van der Waals surface area contributed by atoms with Gasteiger partial charge in [-0.15, -0.1) is 0 Å². The molecule has 1 aliphatic carbocycles. The smallest absolute Gasteiger partial charge is 0.244 e. The molecule has 0 bridgehead atoms. The largest absolute Gasteiger partial charge is 0.353 e. The highest BCUT2D eigenvalue weighted by atomic mass is 35.5. The molecule has 1 saturated heterocycles. The van der Waals surface area contributed by atoms with Crippen molar-refractivity contribution in [2.24, 2.45) is 11.8 Å². The molecule has 1 heterocycles. The Morgan fingerprint density at radius 2 is 1.96 bits per heavy atom. The minimum absolute atomic E-state index is 0.0159. The van der Waals surface area contributed by atoms with Crippen LogP contribution in [0.1, 0.15) is 39.0 Å². The Hall–Kier alpha value is -1.11. The second-order valence-electron chi connectivity index (χ2n) is 7.16. The number of hydrogen-bond donors (Lipinski definition) is 1. The van der Waals surface area contributed by atoms with Crippen LogP contribution in [0.5, 0.6) is 0 Å². The van der Waals surface area contributed by atoms with E-state index in [4.69, 9.17) is 11.6 Å². The van der Waals surface area contributed by atoms with E-state index in [0.717, 1.165) is 25.7 Å². The van der Waals surface area contributed by atoms with Crippen LogP contribution in [0, 0.1) is 11.8 Å². The summed E-state index contributed by atoms with van der Waals surface area (Å²) < 4.78 is 27.2. The van der Waals surface area contributed by atoms with Crippen LogP contribution in [0.3, 0.4) is 0 Å². The first kappa shape index (κ1) is 18.7. The summed E-state index contributed by atoms with van der Waals surface area (Å²) in [4.78, 5) is 12.7. The van der Waals surface area contributed by atoms with Crippen LogP contribution in [0.15, 0.2) is 29.2 Å². The zero-order valence-electron chi connectivity index (χ0n) is 14.4. The molecular formula is C18H25ClN2O3S. The first-order valence-electron chi connectivity index (χ1n) is 8.94. The summed E-state index contributed by atoms with van der Waals surface area (Å²) in [7, 11) is -3.68. The van der Waals surface area contributed by atoms with Crippen molar-refractivity contribution in [3.05, 3.63) is 29.3 Å². The highest BCUT2D eigenvalue weighted by Gasteiger charge is 2.35. The Morgan fingerprint density at radius 1 is 1.20 bits per heavy atom. The molecule has 1 N–H and O–H groups in total. The fraction of sp³-hybridized carbons (Fsp3) is 0.611. The van der Waals surface area contributed by atoms with E-state index in [-0.39, 0.29) is 34.3 Å². The van der Waals surface area contributed by atoms with Gasteiger partial charge in [0.2, 0.25) is 15.9 Å². The molecule has 3 rings (SSSR count). The highest BCUT2D eigenvalue weighted by molar-refractivity contribution is 7.89. The average molecular weight is 385 g/mol. The standard InChI is InChI=1S/C18H25ClN2O3S/c1-13-6-4-9-16(13)20-18(22)14-7-5-11-21(12-14)25(23,24)17-10-3-2-8-15(17)19/h2-3,8,10,13-14,16H,4-7,9,11-12H2,1H3,(H,20,22)/t13?,14-,16?/m0/s1. The van der Waals surface area contributed by atoms with E-state index in [2.05, 4.69) is 12.2 Å². The Balaban J connectivity index is 1.70. The van der Waals surface area contributed by atoms with E-state index in [1.165, 1.54) is 10.4 Å². The van der Waals surface area contributed by atoms with Gasteiger partial charge in [-0.05, 0) is 43.7 Å². The zero-order valence-corrected chi connectivity index (χ0v) is 16.0. The van der Waals surface area contributed by atoms with Gasteiger partial charge in [-0.2, -0.15) is 4.31 Å². The first-order chi connectivity index (χ1) is 11.9. The molecule has 7 heteroatoms. The fourth-order valence-corrected chi connectivity index (χ4v) is 5.85. The quantitative estimate of drug-likeness (QED) is 0.867. The second-order valence-corrected chi connectivity index (χ2v) is 9.47. The molecular weight excluding hydrogens is 360 g/mol. The molecule has 2 aliphatic rings. The van der Waals surface area contributed by atoms with Crippen molar-refractivity contribution in [2.45, 2.75) is 50.0 Å². The van der Waals surface area contributed by atoms with Crippen LogP contribution in [0.25, 0.3) is 0 Å². The molecule has 3 atom stereocenters. The Kier molecular flexibility index (Phi) is 5.71. The van der Waals surface area contributed by atoms with Crippen molar-refractivity contribution < 1.29 is 13.2 Å². The van der Waals surface area contributed by atoms with Crippen LogP contribution in [-0.2, 0) is 14.8 Å². The van der Waals surface area contributed by atoms with Gasteiger partial charge in [-0.25, -0.2) is 8.42 Å². The number of carbonyl (C=O) groups excluding carboxylic acids is 1. The molecule has 2 fully saturated rings. The summed E-state index contributed by atoms with van der Waals surface area (Å²) in [6.45, 7) is 2.81. The molecule has 1 aliphatic heterocycles. The maximum Gasteiger partial charge on any atom is 0.244 e. The molecule has 138 valence electrons. The Labute approximate surface area is 154 Å². The SMILES string of the molecule is CC1CCCC1NC(=O)[C@H]1CCCN(S(=O)(=O)c2ccccc2Cl)C1. The molecule has 0 radical (unpaired) electrons. The van der Waals surface area contributed by atoms with Gasteiger partial charge in [0, 0.05) is 19.1 Å². The van der Waals surface area contributed by atoms with E-state index in [1.807, 2.05) is 0 Å². The van der Waals surface area contributed by atoms with Gasteiger partial charge in [0.1, 0.15) is 4.90 Å². The van der Waals surface area contributed by atoms with Crippen molar-refractivity contribution in [3.8, 4) is 0 Å². The van der Waals surface area contributed by atoms with Crippen LogP contribution < -0.4 is 5.32 Å². The number of nitrogens with one attached hydrogen (secondary N) is 1. The first-order valence-corrected chi connectivity index (χ1v) is 10.8. The number of amides is 1. The summed E-state index contributed by atoms with van der Waals surface area (Å²) in [6.07, 6.45) is 4.71. The van der Waals surface area contributed by atoms with Crippen LogP contribution >= 0.6 is 11.6 Å². The molecule has 1 amide bonds. The minimum atomic E-state index is -3.68. The molecule has 0 spiro atoms. The summed E-state index contributed by atoms with van der Waals surface area (Å²) in [5, 5.41) is 3.35. The lowest BCUT2D eigenvalue weighted by Crippen LogP contribution is -2.48. The monoisotopic (exact) mass is 384 g/mol. The normalized spacial score (nSPS) is 28.0. The van der Waals surface area contributed by atoms with Crippen LogP contribution in [-0.4, -0.2) is 37.8 Å². The van der Waals surface area contributed by atoms with E-state index in [0.29, 0.717) is 18.9 Å². The predicted molar refractivity (Wildman–Crippen MR) is 97.9 cm³/mol. The number of hydrogen-bond acceptors (Lipinski definition) is 3. The van der Waals surface area contributed by atoms with E-state index in [9.17, 15) is 13.2 Å². The van der Waals surface area contributed by atoms with Crippen molar-refractivity contribution >= 4 is 27.5 Å². The third-order valence-electron chi connectivity index (χ3n) is 5.40. The number of carbonyl (C=O) groups is 1. The molecule has 1 saturated carbocycles. The van der Waals surface area contributed by atoms with Crippen molar-refractivity contribution in [1.29, 1.82) is 0 Å². The summed E-state index contributed by atoms with van der Waals surface area (Å²) in [5.74, 6) is 0.187. The number of piperidine rings is 1. The number of benzene rings is 1. The molecule has 0 aromatic heterocycles. The maximum atomic E-state index is 12.9.